The second-order valence-electron chi connectivity index (χ2n) is 5.32. The van der Waals surface area contributed by atoms with Crippen LogP contribution in [0.2, 0.25) is 0 Å². The van der Waals surface area contributed by atoms with Crippen molar-refractivity contribution in [2.24, 2.45) is 0 Å². The van der Waals surface area contributed by atoms with Crippen molar-refractivity contribution in [2.75, 3.05) is 6.54 Å². The molecule has 0 amide bonds. The van der Waals surface area contributed by atoms with E-state index in [9.17, 15) is 0 Å². The summed E-state index contributed by atoms with van der Waals surface area (Å²) >= 11 is 1.74. The Hall–Kier alpha value is -1.65. The smallest absolute Gasteiger partial charge is 0.137 e. The Labute approximate surface area is 129 Å². The minimum Gasteiger partial charge on any atom is -0.459 e. The van der Waals surface area contributed by atoms with Crippen molar-refractivity contribution in [2.45, 2.75) is 33.7 Å². The van der Waals surface area contributed by atoms with Gasteiger partial charge in [0, 0.05) is 5.39 Å². The normalized spacial score (nSPS) is 13.0. The Bertz CT molecular complexity index is 772. The Morgan fingerprint density at radius 2 is 2.10 bits per heavy atom. The highest BCUT2D eigenvalue weighted by atomic mass is 32.1. The van der Waals surface area contributed by atoms with Crippen LogP contribution in [-0.4, -0.2) is 11.5 Å². The second-order valence-corrected chi connectivity index (χ2v) is 6.55. The van der Waals surface area contributed by atoms with Gasteiger partial charge in [-0.3, -0.25) is 0 Å². The van der Waals surface area contributed by atoms with Crippen molar-refractivity contribution < 1.29 is 4.42 Å². The zero-order valence-electron chi connectivity index (χ0n) is 12.9. The summed E-state index contributed by atoms with van der Waals surface area (Å²) in [7, 11) is 0. The average Bonchev–Trinajstić information content (AvgIpc) is 3.00. The third-order valence-corrected chi connectivity index (χ3v) is 4.79. The molecule has 3 aromatic rings. The molecular formula is C17H20N2OS. The zero-order valence-corrected chi connectivity index (χ0v) is 13.7. The van der Waals surface area contributed by atoms with Gasteiger partial charge >= 0.3 is 0 Å². The fraction of sp³-hybridized carbons (Fsp3) is 0.353. The molecule has 21 heavy (non-hydrogen) atoms. The maximum atomic E-state index is 6.15. The van der Waals surface area contributed by atoms with E-state index in [-0.39, 0.29) is 6.04 Å². The summed E-state index contributed by atoms with van der Waals surface area (Å²) in [5.74, 6) is 0.966. The highest BCUT2D eigenvalue weighted by molar-refractivity contribution is 7.11. The lowest BCUT2D eigenvalue weighted by Crippen LogP contribution is -2.21. The Morgan fingerprint density at radius 3 is 2.71 bits per heavy atom. The van der Waals surface area contributed by atoms with Gasteiger partial charge in [-0.1, -0.05) is 25.1 Å². The number of hydrogen-bond donors (Lipinski definition) is 1. The van der Waals surface area contributed by atoms with E-state index in [4.69, 9.17) is 4.42 Å². The lowest BCUT2D eigenvalue weighted by molar-refractivity contribution is 0.478. The van der Waals surface area contributed by atoms with E-state index >= 15 is 0 Å². The van der Waals surface area contributed by atoms with Crippen LogP contribution in [0.5, 0.6) is 0 Å². The molecule has 0 saturated heterocycles. The van der Waals surface area contributed by atoms with Crippen molar-refractivity contribution in [1.29, 1.82) is 0 Å². The molecule has 2 heterocycles. The van der Waals surface area contributed by atoms with Crippen molar-refractivity contribution >= 4 is 22.3 Å². The van der Waals surface area contributed by atoms with Gasteiger partial charge in [0.1, 0.15) is 17.4 Å². The minimum atomic E-state index is 0.0769. The van der Waals surface area contributed by atoms with Crippen molar-refractivity contribution in [3.05, 3.63) is 51.2 Å². The summed E-state index contributed by atoms with van der Waals surface area (Å²) in [6.07, 6.45) is 0. The van der Waals surface area contributed by atoms with Gasteiger partial charge in [0.25, 0.3) is 0 Å². The molecule has 4 heteroatoms. The molecule has 3 nitrogen and oxygen atoms in total. The van der Waals surface area contributed by atoms with E-state index in [1.807, 2.05) is 6.92 Å². The summed E-state index contributed by atoms with van der Waals surface area (Å²) in [5, 5.41) is 5.78. The molecular weight excluding hydrogens is 280 g/mol. The standard InChI is InChI=1S/C17H20N2OS/c1-5-18-15(17-11(3)19-12(4)21-17)14-9-13-8-6-7-10(2)16(13)20-14/h6-9,15,18H,5H2,1-4H3. The summed E-state index contributed by atoms with van der Waals surface area (Å²) in [4.78, 5) is 5.79. The van der Waals surface area contributed by atoms with E-state index in [0.29, 0.717) is 0 Å². The first kappa shape index (κ1) is 14.3. The van der Waals surface area contributed by atoms with Crippen LogP contribution in [0.3, 0.4) is 0 Å². The number of rotatable bonds is 4. The molecule has 0 aliphatic carbocycles. The summed E-state index contributed by atoms with van der Waals surface area (Å²) in [6.45, 7) is 9.20. The van der Waals surface area contributed by atoms with E-state index < -0.39 is 0 Å². The minimum absolute atomic E-state index is 0.0769. The topological polar surface area (TPSA) is 38.1 Å². The van der Waals surface area contributed by atoms with E-state index in [1.165, 1.54) is 10.4 Å². The van der Waals surface area contributed by atoms with Gasteiger partial charge in [0.2, 0.25) is 0 Å². The first-order chi connectivity index (χ1) is 10.1. The Kier molecular flexibility index (Phi) is 3.83. The largest absolute Gasteiger partial charge is 0.459 e. The number of aryl methyl sites for hydroxylation is 3. The number of fused-ring (bicyclic) bond motifs is 1. The molecule has 0 aliphatic rings. The van der Waals surface area contributed by atoms with Crippen molar-refractivity contribution in [1.82, 2.24) is 10.3 Å². The number of thiazole rings is 1. The molecule has 0 bridgehead atoms. The number of furan rings is 1. The van der Waals surface area contributed by atoms with Crippen LogP contribution in [0.1, 0.15) is 39.9 Å². The fourth-order valence-corrected chi connectivity index (χ4v) is 3.72. The monoisotopic (exact) mass is 300 g/mol. The van der Waals surface area contributed by atoms with Crippen LogP contribution in [0, 0.1) is 20.8 Å². The van der Waals surface area contributed by atoms with Gasteiger partial charge in [-0.2, -0.15) is 0 Å². The molecule has 1 unspecified atom stereocenters. The molecule has 0 aliphatic heterocycles. The van der Waals surface area contributed by atoms with Gasteiger partial charge in [0.05, 0.1) is 15.6 Å². The maximum Gasteiger partial charge on any atom is 0.137 e. The number of aromatic nitrogens is 1. The highest BCUT2D eigenvalue weighted by Gasteiger charge is 2.22. The predicted octanol–water partition coefficient (Wildman–Crippen LogP) is 4.51. The molecule has 3 rings (SSSR count). The maximum absolute atomic E-state index is 6.15. The van der Waals surface area contributed by atoms with Crippen LogP contribution >= 0.6 is 11.3 Å². The first-order valence-electron chi connectivity index (χ1n) is 7.26. The number of nitrogens with one attached hydrogen (secondary N) is 1. The van der Waals surface area contributed by atoms with Crippen LogP contribution in [-0.2, 0) is 0 Å². The number of nitrogens with zero attached hydrogens (tertiary/aromatic N) is 1. The van der Waals surface area contributed by atoms with Crippen LogP contribution < -0.4 is 5.32 Å². The summed E-state index contributed by atoms with van der Waals surface area (Å²) < 4.78 is 6.15. The molecule has 110 valence electrons. The van der Waals surface area contributed by atoms with E-state index in [2.05, 4.69) is 55.3 Å². The first-order valence-corrected chi connectivity index (χ1v) is 8.08. The lowest BCUT2D eigenvalue weighted by Gasteiger charge is -2.14. The van der Waals surface area contributed by atoms with Crippen molar-refractivity contribution in [3.8, 4) is 0 Å². The SMILES string of the molecule is CCNC(c1cc2cccc(C)c2o1)c1sc(C)nc1C. The van der Waals surface area contributed by atoms with Gasteiger partial charge in [-0.05, 0) is 38.9 Å². The van der Waals surface area contributed by atoms with E-state index in [0.717, 1.165) is 34.0 Å². The zero-order chi connectivity index (χ0) is 15.0. The predicted molar refractivity (Wildman–Crippen MR) is 88.1 cm³/mol. The van der Waals surface area contributed by atoms with Gasteiger partial charge in [0.15, 0.2) is 0 Å². The summed E-state index contributed by atoms with van der Waals surface area (Å²) in [5.41, 5.74) is 3.24. The third kappa shape index (κ3) is 2.61. The van der Waals surface area contributed by atoms with Crippen LogP contribution in [0.15, 0.2) is 28.7 Å². The molecule has 0 saturated carbocycles. The average molecular weight is 300 g/mol. The quantitative estimate of drug-likeness (QED) is 0.770. The van der Waals surface area contributed by atoms with Crippen LogP contribution in [0.25, 0.3) is 11.0 Å². The molecule has 1 aromatic carbocycles. The number of hydrogen-bond acceptors (Lipinski definition) is 4. The Balaban J connectivity index is 2.11. The molecule has 1 N–H and O–H groups in total. The van der Waals surface area contributed by atoms with Crippen LogP contribution in [0.4, 0.5) is 0 Å². The summed E-state index contributed by atoms with van der Waals surface area (Å²) in [6, 6.07) is 8.47. The molecule has 0 radical (unpaired) electrons. The van der Waals surface area contributed by atoms with Gasteiger partial charge in [-0.25, -0.2) is 4.98 Å². The Morgan fingerprint density at radius 1 is 1.29 bits per heavy atom. The number of para-hydroxylation sites is 1. The molecule has 0 spiro atoms. The molecule has 1 atom stereocenters. The lowest BCUT2D eigenvalue weighted by atomic mass is 10.1. The molecule has 2 aromatic heterocycles. The van der Waals surface area contributed by atoms with E-state index in [1.54, 1.807) is 11.3 Å². The van der Waals surface area contributed by atoms with Crippen molar-refractivity contribution in [3.63, 3.8) is 0 Å². The molecule has 0 fully saturated rings. The van der Waals surface area contributed by atoms with Gasteiger partial charge < -0.3 is 9.73 Å². The highest BCUT2D eigenvalue weighted by Crippen LogP contribution is 2.33. The second kappa shape index (κ2) is 5.62. The number of benzene rings is 1. The fourth-order valence-electron chi connectivity index (χ4n) is 2.71. The van der Waals surface area contributed by atoms with Gasteiger partial charge in [-0.15, -0.1) is 11.3 Å². The third-order valence-electron chi connectivity index (χ3n) is 3.65.